The Morgan fingerprint density at radius 2 is 2.15 bits per heavy atom. The van der Waals surface area contributed by atoms with Gasteiger partial charge in [-0.05, 0) is 18.4 Å². The number of aliphatic hydroxyl groups is 4. The summed E-state index contributed by atoms with van der Waals surface area (Å²) in [6.45, 7) is -0.928. The maximum absolute atomic E-state index is 11.0. The molecule has 0 aliphatic carbocycles. The van der Waals surface area contributed by atoms with E-state index < -0.39 is 42.7 Å². The number of carboxylic acids is 1. The standard InChI is InChI=1S/C11H21NO7S/c1-20-3-2-6(10(16)17)12-5-11(18)9(15)8(14)7(4-13)19-11/h6-9,12-15,18H,2-5H2,1H3,(H,16,17)/t6-,7+,8+,9-,11?/m0/s1. The minimum atomic E-state index is -2.13. The van der Waals surface area contributed by atoms with Crippen LogP contribution in [0.4, 0.5) is 0 Å². The topological polar surface area (TPSA) is 139 Å². The zero-order valence-electron chi connectivity index (χ0n) is 11.1. The van der Waals surface area contributed by atoms with Crippen LogP contribution in [0.2, 0.25) is 0 Å². The van der Waals surface area contributed by atoms with Gasteiger partial charge in [-0.25, -0.2) is 0 Å². The molecule has 1 aliphatic rings. The first-order valence-corrected chi connectivity index (χ1v) is 7.57. The summed E-state index contributed by atoms with van der Waals surface area (Å²) in [5.41, 5.74) is 0. The highest BCUT2D eigenvalue weighted by Crippen LogP contribution is 2.28. The maximum Gasteiger partial charge on any atom is 0.320 e. The highest BCUT2D eigenvalue weighted by molar-refractivity contribution is 7.98. The lowest BCUT2D eigenvalue weighted by Crippen LogP contribution is -2.53. The number of nitrogens with one attached hydrogen (secondary N) is 1. The molecule has 1 heterocycles. The van der Waals surface area contributed by atoms with Gasteiger partial charge in [0.2, 0.25) is 5.79 Å². The van der Waals surface area contributed by atoms with E-state index >= 15 is 0 Å². The molecule has 1 fully saturated rings. The van der Waals surface area contributed by atoms with Crippen LogP contribution in [0.15, 0.2) is 0 Å². The molecule has 20 heavy (non-hydrogen) atoms. The van der Waals surface area contributed by atoms with E-state index in [1.54, 1.807) is 0 Å². The molecular formula is C11H21NO7S. The Labute approximate surface area is 120 Å². The Bertz CT molecular complexity index is 332. The number of aliphatic hydroxyl groups excluding tert-OH is 3. The van der Waals surface area contributed by atoms with Gasteiger partial charge in [-0.2, -0.15) is 11.8 Å². The third-order valence-corrected chi connectivity index (χ3v) is 3.86. The lowest BCUT2D eigenvalue weighted by molar-refractivity contribution is -0.227. The molecule has 1 unspecified atom stereocenters. The Kier molecular flexibility index (Phi) is 6.65. The van der Waals surface area contributed by atoms with Crippen LogP contribution in [-0.4, -0.2) is 86.8 Å². The fourth-order valence-corrected chi connectivity index (χ4v) is 2.45. The van der Waals surface area contributed by atoms with Gasteiger partial charge in [0, 0.05) is 0 Å². The lowest BCUT2D eigenvalue weighted by Gasteiger charge is -2.28. The molecule has 0 saturated carbocycles. The van der Waals surface area contributed by atoms with E-state index in [0.29, 0.717) is 12.2 Å². The molecule has 0 aromatic carbocycles. The van der Waals surface area contributed by atoms with Crippen LogP contribution in [0.5, 0.6) is 0 Å². The molecule has 1 aliphatic heterocycles. The summed E-state index contributed by atoms with van der Waals surface area (Å²) < 4.78 is 5.00. The van der Waals surface area contributed by atoms with Gasteiger partial charge in [0.05, 0.1) is 13.2 Å². The van der Waals surface area contributed by atoms with Crippen molar-refractivity contribution in [1.29, 1.82) is 0 Å². The van der Waals surface area contributed by atoms with Crippen LogP contribution >= 0.6 is 11.8 Å². The normalized spacial score (nSPS) is 35.1. The van der Waals surface area contributed by atoms with Crippen LogP contribution in [-0.2, 0) is 9.53 Å². The predicted molar refractivity (Wildman–Crippen MR) is 71.3 cm³/mol. The van der Waals surface area contributed by atoms with Gasteiger partial charge >= 0.3 is 5.97 Å². The van der Waals surface area contributed by atoms with Crippen molar-refractivity contribution >= 4 is 17.7 Å². The van der Waals surface area contributed by atoms with E-state index in [1.807, 2.05) is 6.26 Å². The summed E-state index contributed by atoms with van der Waals surface area (Å²) in [7, 11) is 0. The Morgan fingerprint density at radius 1 is 1.50 bits per heavy atom. The zero-order valence-corrected chi connectivity index (χ0v) is 11.9. The summed E-state index contributed by atoms with van der Waals surface area (Å²) in [5.74, 6) is -2.58. The molecule has 8 nitrogen and oxygen atoms in total. The molecule has 0 aromatic heterocycles. The second kappa shape index (κ2) is 7.55. The number of thioether (sulfide) groups is 1. The van der Waals surface area contributed by atoms with Crippen molar-refractivity contribution in [2.45, 2.75) is 36.6 Å². The number of carbonyl (C=O) groups is 1. The van der Waals surface area contributed by atoms with E-state index in [4.69, 9.17) is 14.9 Å². The Balaban J connectivity index is 2.60. The number of carboxylic acid groups (broad SMARTS) is 1. The fraction of sp³-hybridized carbons (Fsp3) is 0.909. The quantitative estimate of drug-likeness (QED) is 0.289. The summed E-state index contributed by atoms with van der Waals surface area (Å²) in [4.78, 5) is 11.0. The predicted octanol–water partition coefficient (Wildman–Crippen LogP) is -2.42. The molecule has 9 heteroatoms. The van der Waals surface area contributed by atoms with Crippen LogP contribution in [0.1, 0.15) is 6.42 Å². The molecule has 118 valence electrons. The van der Waals surface area contributed by atoms with E-state index in [1.165, 1.54) is 11.8 Å². The zero-order chi connectivity index (χ0) is 15.3. The lowest BCUT2D eigenvalue weighted by atomic mass is 10.0. The van der Waals surface area contributed by atoms with E-state index in [0.717, 1.165) is 0 Å². The summed E-state index contributed by atoms with van der Waals surface area (Å²) in [5, 5.41) is 49.9. The maximum atomic E-state index is 11.0. The number of hydrogen-bond donors (Lipinski definition) is 6. The number of hydrogen-bond acceptors (Lipinski definition) is 8. The molecule has 6 N–H and O–H groups in total. The molecule has 1 saturated heterocycles. The molecular weight excluding hydrogens is 290 g/mol. The van der Waals surface area contributed by atoms with Gasteiger partial charge in [-0.3, -0.25) is 10.1 Å². The van der Waals surface area contributed by atoms with Gasteiger partial charge in [0.1, 0.15) is 24.4 Å². The van der Waals surface area contributed by atoms with Crippen molar-refractivity contribution in [3.05, 3.63) is 0 Å². The SMILES string of the molecule is CSCC[C@H](NCC1(O)O[C@H](CO)[C@@H](O)[C@@H]1O)C(=O)O. The number of rotatable bonds is 8. The van der Waals surface area contributed by atoms with Crippen molar-refractivity contribution in [3.8, 4) is 0 Å². The number of ether oxygens (including phenoxy) is 1. The average molecular weight is 311 g/mol. The average Bonchev–Trinajstić information content (AvgIpc) is 2.63. The molecule has 1 rings (SSSR count). The molecule has 5 atom stereocenters. The van der Waals surface area contributed by atoms with E-state index in [9.17, 15) is 20.1 Å². The first-order chi connectivity index (χ1) is 9.35. The minimum Gasteiger partial charge on any atom is -0.480 e. The summed E-state index contributed by atoms with van der Waals surface area (Å²) >= 11 is 1.49. The van der Waals surface area contributed by atoms with Crippen molar-refractivity contribution in [2.24, 2.45) is 0 Å². The molecule has 0 aromatic rings. The third kappa shape index (κ3) is 4.04. The van der Waals surface area contributed by atoms with Crippen molar-refractivity contribution in [2.75, 3.05) is 25.2 Å². The number of aliphatic carboxylic acids is 1. The van der Waals surface area contributed by atoms with Crippen molar-refractivity contribution in [1.82, 2.24) is 5.32 Å². The Morgan fingerprint density at radius 3 is 2.60 bits per heavy atom. The molecule has 0 bridgehead atoms. The first-order valence-electron chi connectivity index (χ1n) is 6.18. The van der Waals surface area contributed by atoms with E-state index in [2.05, 4.69) is 5.32 Å². The highest BCUT2D eigenvalue weighted by atomic mass is 32.2. The molecule has 0 radical (unpaired) electrons. The summed E-state index contributed by atoms with van der Waals surface area (Å²) in [6, 6.07) is -0.896. The summed E-state index contributed by atoms with van der Waals surface area (Å²) in [6.07, 6.45) is -1.97. The van der Waals surface area contributed by atoms with Gasteiger partial charge in [0.15, 0.2) is 0 Å². The smallest absolute Gasteiger partial charge is 0.320 e. The van der Waals surface area contributed by atoms with Crippen molar-refractivity contribution < 1.29 is 35.1 Å². The monoisotopic (exact) mass is 311 g/mol. The van der Waals surface area contributed by atoms with Gasteiger partial charge in [-0.1, -0.05) is 0 Å². The first kappa shape index (κ1) is 17.6. The highest BCUT2D eigenvalue weighted by Gasteiger charge is 2.53. The second-order valence-electron chi connectivity index (χ2n) is 4.67. The van der Waals surface area contributed by atoms with Crippen LogP contribution in [0, 0.1) is 0 Å². The fourth-order valence-electron chi connectivity index (χ4n) is 1.98. The third-order valence-electron chi connectivity index (χ3n) is 3.21. The minimum absolute atomic E-state index is 0.342. The van der Waals surface area contributed by atoms with Gasteiger partial charge in [0.25, 0.3) is 0 Å². The van der Waals surface area contributed by atoms with Crippen LogP contribution in [0.25, 0.3) is 0 Å². The van der Waals surface area contributed by atoms with Crippen LogP contribution in [0.3, 0.4) is 0 Å². The van der Waals surface area contributed by atoms with Gasteiger partial charge < -0.3 is 30.3 Å². The van der Waals surface area contributed by atoms with Gasteiger partial charge in [-0.15, -0.1) is 0 Å². The molecule has 0 amide bonds. The molecule has 0 spiro atoms. The second-order valence-corrected chi connectivity index (χ2v) is 5.66. The largest absolute Gasteiger partial charge is 0.480 e. The van der Waals surface area contributed by atoms with Crippen LogP contribution < -0.4 is 5.32 Å². The van der Waals surface area contributed by atoms with Crippen molar-refractivity contribution in [3.63, 3.8) is 0 Å². The van der Waals surface area contributed by atoms with E-state index in [-0.39, 0.29) is 6.54 Å². The Hall–Kier alpha value is -0.420.